The molecule has 0 saturated carbocycles. The van der Waals surface area contributed by atoms with E-state index in [1.165, 1.54) is 12.1 Å². The Labute approximate surface area is 137 Å². The Morgan fingerprint density at radius 3 is 2.27 bits per heavy atom. The van der Waals surface area contributed by atoms with E-state index in [1.54, 1.807) is 30.3 Å². The van der Waals surface area contributed by atoms with E-state index in [-0.39, 0.29) is 4.90 Å². The van der Waals surface area contributed by atoms with Gasteiger partial charge >= 0.3 is 6.03 Å². The summed E-state index contributed by atoms with van der Waals surface area (Å²) in [6, 6.07) is 10.6. The Morgan fingerprint density at radius 2 is 1.68 bits per heavy atom. The summed E-state index contributed by atoms with van der Waals surface area (Å²) in [6.45, 7) is 3.72. The number of urea groups is 1. The lowest BCUT2D eigenvalue weighted by Gasteiger charge is -2.10. The average Bonchev–Trinajstić information content (AvgIpc) is 2.42. The molecule has 2 N–H and O–H groups in total. The van der Waals surface area contributed by atoms with E-state index in [9.17, 15) is 13.2 Å². The number of carbonyl (C=O) groups excluding carboxylic acids is 1. The van der Waals surface area contributed by atoms with Crippen LogP contribution in [0.1, 0.15) is 11.1 Å². The molecule has 2 rings (SSSR count). The van der Waals surface area contributed by atoms with Crippen molar-refractivity contribution >= 4 is 37.7 Å². The molecule has 5 nitrogen and oxygen atoms in total. The number of amides is 2. The molecule has 0 bridgehead atoms. The molecular weight excluding hydrogens is 368 g/mol. The van der Waals surface area contributed by atoms with Crippen molar-refractivity contribution in [2.45, 2.75) is 18.7 Å². The summed E-state index contributed by atoms with van der Waals surface area (Å²) in [4.78, 5) is 11.9. The number of aryl methyl sites for hydroxylation is 2. The molecule has 0 aliphatic heterocycles. The molecule has 0 heterocycles. The molecule has 0 radical (unpaired) electrons. The lowest BCUT2D eigenvalue weighted by atomic mass is 10.2. The van der Waals surface area contributed by atoms with Crippen LogP contribution in [0.2, 0.25) is 0 Å². The van der Waals surface area contributed by atoms with Gasteiger partial charge in [-0.15, -0.1) is 0 Å². The van der Waals surface area contributed by atoms with E-state index in [1.807, 2.05) is 18.6 Å². The first-order chi connectivity index (χ1) is 10.3. The predicted molar refractivity (Wildman–Crippen MR) is 89.4 cm³/mol. The lowest BCUT2D eigenvalue weighted by molar-refractivity contribution is 0.256. The molecule has 2 aromatic rings. The minimum Gasteiger partial charge on any atom is -0.307 e. The molecule has 116 valence electrons. The molecule has 0 unspecified atom stereocenters. The van der Waals surface area contributed by atoms with E-state index < -0.39 is 16.1 Å². The Kier molecular flexibility index (Phi) is 4.87. The zero-order valence-electron chi connectivity index (χ0n) is 12.1. The first-order valence-electron chi connectivity index (χ1n) is 6.44. The van der Waals surface area contributed by atoms with Gasteiger partial charge in [-0.2, -0.15) is 0 Å². The molecule has 0 fully saturated rings. The smallest absolute Gasteiger partial charge is 0.307 e. The van der Waals surface area contributed by atoms with Crippen LogP contribution in [0.15, 0.2) is 51.8 Å². The number of halogens is 1. The van der Waals surface area contributed by atoms with Gasteiger partial charge in [-0.1, -0.05) is 33.6 Å². The number of nitrogens with one attached hydrogen (secondary N) is 2. The number of sulfonamides is 1. The first kappa shape index (κ1) is 16.5. The van der Waals surface area contributed by atoms with E-state index in [0.717, 1.165) is 15.6 Å². The lowest BCUT2D eigenvalue weighted by Crippen LogP contribution is -2.34. The van der Waals surface area contributed by atoms with E-state index in [0.29, 0.717) is 5.69 Å². The third-order valence-electron chi connectivity index (χ3n) is 2.97. The molecule has 22 heavy (non-hydrogen) atoms. The molecule has 0 saturated heterocycles. The second-order valence-electron chi connectivity index (χ2n) is 4.84. The SMILES string of the molecule is Cc1ccc(S(=O)(=O)NC(=O)Nc2ccc(Br)c(C)c2)cc1. The first-order valence-corrected chi connectivity index (χ1v) is 8.72. The van der Waals surface area contributed by atoms with Gasteiger partial charge in [0, 0.05) is 10.2 Å². The van der Waals surface area contributed by atoms with Crippen molar-refractivity contribution in [3.05, 3.63) is 58.1 Å². The summed E-state index contributed by atoms with van der Waals surface area (Å²) in [5, 5.41) is 2.50. The summed E-state index contributed by atoms with van der Waals surface area (Å²) >= 11 is 3.36. The van der Waals surface area contributed by atoms with Gasteiger partial charge in [0.1, 0.15) is 0 Å². The van der Waals surface area contributed by atoms with Gasteiger partial charge in [0.05, 0.1) is 4.90 Å². The maximum atomic E-state index is 12.1. The second kappa shape index (κ2) is 6.50. The van der Waals surface area contributed by atoms with Gasteiger partial charge in [-0.05, 0) is 49.7 Å². The second-order valence-corrected chi connectivity index (χ2v) is 7.37. The van der Waals surface area contributed by atoms with Gasteiger partial charge in [0.25, 0.3) is 10.0 Å². The molecule has 0 atom stereocenters. The van der Waals surface area contributed by atoms with Gasteiger partial charge in [-0.3, -0.25) is 0 Å². The maximum absolute atomic E-state index is 12.1. The van der Waals surface area contributed by atoms with Crippen molar-refractivity contribution in [1.82, 2.24) is 4.72 Å². The quantitative estimate of drug-likeness (QED) is 0.851. The number of hydrogen-bond donors (Lipinski definition) is 2. The molecular formula is C15H15BrN2O3S. The van der Waals surface area contributed by atoms with Crippen LogP contribution in [0.4, 0.5) is 10.5 Å². The standard InChI is InChI=1S/C15H15BrN2O3S/c1-10-3-6-13(7-4-10)22(20,21)18-15(19)17-12-5-8-14(16)11(2)9-12/h3-9H,1-2H3,(H2,17,18,19). The van der Waals surface area contributed by atoms with Crippen LogP contribution in [0.25, 0.3) is 0 Å². The summed E-state index contributed by atoms with van der Waals surface area (Å²) < 4.78 is 27.1. The highest BCUT2D eigenvalue weighted by atomic mass is 79.9. The molecule has 2 amide bonds. The fourth-order valence-corrected chi connectivity index (χ4v) is 2.93. The van der Waals surface area contributed by atoms with Crippen molar-refractivity contribution in [1.29, 1.82) is 0 Å². The molecule has 0 aliphatic rings. The third kappa shape index (κ3) is 4.08. The molecule has 2 aromatic carbocycles. The van der Waals surface area contributed by atoms with Crippen molar-refractivity contribution in [2.24, 2.45) is 0 Å². The summed E-state index contributed by atoms with van der Waals surface area (Å²) in [5.41, 5.74) is 2.38. The van der Waals surface area contributed by atoms with Gasteiger partial charge in [-0.25, -0.2) is 17.9 Å². The van der Waals surface area contributed by atoms with Crippen LogP contribution in [-0.4, -0.2) is 14.4 Å². The van der Waals surface area contributed by atoms with Crippen LogP contribution in [0, 0.1) is 13.8 Å². The Balaban J connectivity index is 2.10. The fourth-order valence-electron chi connectivity index (χ4n) is 1.78. The Bertz CT molecular complexity index is 802. The predicted octanol–water partition coefficient (Wildman–Crippen LogP) is 3.58. The molecule has 0 aromatic heterocycles. The van der Waals surface area contributed by atoms with Crippen molar-refractivity contribution in [2.75, 3.05) is 5.32 Å². The topological polar surface area (TPSA) is 75.3 Å². The Morgan fingerprint density at radius 1 is 1.05 bits per heavy atom. The summed E-state index contributed by atoms with van der Waals surface area (Å²) in [6.07, 6.45) is 0. The van der Waals surface area contributed by atoms with Gasteiger partial charge in [0.2, 0.25) is 0 Å². The number of hydrogen-bond acceptors (Lipinski definition) is 3. The summed E-state index contributed by atoms with van der Waals surface area (Å²) in [5.74, 6) is 0. The zero-order chi connectivity index (χ0) is 16.3. The number of carbonyl (C=O) groups is 1. The maximum Gasteiger partial charge on any atom is 0.333 e. The fraction of sp³-hybridized carbons (Fsp3) is 0.133. The van der Waals surface area contributed by atoms with Crippen molar-refractivity contribution < 1.29 is 13.2 Å². The number of anilines is 1. The largest absolute Gasteiger partial charge is 0.333 e. The number of benzene rings is 2. The summed E-state index contributed by atoms with van der Waals surface area (Å²) in [7, 11) is -3.89. The molecule has 0 spiro atoms. The van der Waals surface area contributed by atoms with Crippen LogP contribution < -0.4 is 10.0 Å². The van der Waals surface area contributed by atoms with Crippen LogP contribution in [0.5, 0.6) is 0 Å². The normalized spacial score (nSPS) is 11.0. The third-order valence-corrected chi connectivity index (χ3v) is 5.21. The van der Waals surface area contributed by atoms with Crippen LogP contribution in [-0.2, 0) is 10.0 Å². The highest BCUT2D eigenvalue weighted by molar-refractivity contribution is 9.10. The van der Waals surface area contributed by atoms with Crippen LogP contribution >= 0.6 is 15.9 Å². The van der Waals surface area contributed by atoms with E-state index in [2.05, 4.69) is 21.2 Å². The highest BCUT2D eigenvalue weighted by Gasteiger charge is 2.17. The number of rotatable bonds is 3. The monoisotopic (exact) mass is 382 g/mol. The zero-order valence-corrected chi connectivity index (χ0v) is 14.5. The van der Waals surface area contributed by atoms with Crippen molar-refractivity contribution in [3.63, 3.8) is 0 Å². The molecule has 0 aliphatic carbocycles. The van der Waals surface area contributed by atoms with Crippen LogP contribution in [0.3, 0.4) is 0 Å². The van der Waals surface area contributed by atoms with Gasteiger partial charge in [0.15, 0.2) is 0 Å². The van der Waals surface area contributed by atoms with Gasteiger partial charge < -0.3 is 5.32 Å². The highest BCUT2D eigenvalue weighted by Crippen LogP contribution is 2.20. The minimum absolute atomic E-state index is 0.0419. The minimum atomic E-state index is -3.89. The van der Waals surface area contributed by atoms with Crippen molar-refractivity contribution in [3.8, 4) is 0 Å². The van der Waals surface area contributed by atoms with E-state index >= 15 is 0 Å². The van der Waals surface area contributed by atoms with E-state index in [4.69, 9.17) is 0 Å². The Hall–Kier alpha value is -1.86. The average molecular weight is 383 g/mol. The molecule has 7 heteroatoms.